The van der Waals surface area contributed by atoms with Crippen molar-refractivity contribution in [3.05, 3.63) is 204 Å². The van der Waals surface area contributed by atoms with Gasteiger partial charge in [-0.15, -0.1) is 0 Å². The van der Waals surface area contributed by atoms with Gasteiger partial charge in [0.2, 0.25) is 0 Å². The van der Waals surface area contributed by atoms with Gasteiger partial charge in [-0.25, -0.2) is 0 Å². The summed E-state index contributed by atoms with van der Waals surface area (Å²) in [5.74, 6) is 0.312. The number of benzene rings is 5. The highest BCUT2D eigenvalue weighted by Gasteiger charge is 2.43. The second kappa shape index (κ2) is 11.9. The number of nitrogens with zero attached hydrogens (tertiary/aromatic N) is 2. The topological polar surface area (TPSA) is 16.1 Å². The molecule has 6 aromatic rings. The van der Waals surface area contributed by atoms with E-state index in [-0.39, 0.29) is 11.8 Å². The molecular weight excluding hydrogens is 593 g/mol. The van der Waals surface area contributed by atoms with Crippen LogP contribution in [0.4, 0.5) is 17.1 Å². The smallest absolute Gasteiger partial charge is 0.0645 e. The summed E-state index contributed by atoms with van der Waals surface area (Å²) in [7, 11) is 0. The molecule has 0 bridgehead atoms. The van der Waals surface area contributed by atoms with E-state index in [0.717, 1.165) is 35.5 Å². The van der Waals surface area contributed by atoms with Crippen LogP contribution in [0.2, 0.25) is 0 Å². The molecule has 1 heterocycles. The molecule has 9 rings (SSSR count). The Kier molecular flexibility index (Phi) is 7.09. The molecule has 0 fully saturated rings. The van der Waals surface area contributed by atoms with Crippen molar-refractivity contribution in [3.8, 4) is 0 Å². The van der Waals surface area contributed by atoms with E-state index < -0.39 is 0 Å². The quantitative estimate of drug-likeness (QED) is 0.164. The van der Waals surface area contributed by atoms with Gasteiger partial charge in [0.15, 0.2) is 0 Å². The Morgan fingerprint density at radius 1 is 0.755 bits per heavy atom. The monoisotopic (exact) mass is 628 g/mol. The number of hydrogen-bond donors (Lipinski definition) is 0. The fourth-order valence-electron chi connectivity index (χ4n) is 8.60. The van der Waals surface area contributed by atoms with Crippen LogP contribution in [-0.2, 0) is 0 Å². The molecule has 49 heavy (non-hydrogen) atoms. The van der Waals surface area contributed by atoms with Gasteiger partial charge in [0.25, 0.3) is 0 Å². The summed E-state index contributed by atoms with van der Waals surface area (Å²) >= 11 is 0. The average molecular weight is 629 g/mol. The van der Waals surface area contributed by atoms with Crippen molar-refractivity contribution in [2.24, 2.45) is 0 Å². The zero-order valence-electron chi connectivity index (χ0n) is 27.4. The summed E-state index contributed by atoms with van der Waals surface area (Å²) in [4.78, 5) is 6.97. The standard InChI is InChI=1S/C47H36N2/c1-3-4-15-31(2)43-36-22-10-11-23-37(36)44(33-17-6-5-7-18-33)47-39-25-13-24-38-42(28-27-40(45(38)39)46(43)47)49(34-20-14-29-48-30-34)41-26-12-19-32-16-8-9-21-35(32)41/h3-6,8-17,19-30,46-47H,1-2,7,18H2/b15-4-. The molecule has 2 unspecified atom stereocenters. The number of rotatable bonds is 7. The van der Waals surface area contributed by atoms with E-state index in [9.17, 15) is 0 Å². The van der Waals surface area contributed by atoms with Gasteiger partial charge in [0.05, 0.1) is 23.3 Å². The summed E-state index contributed by atoms with van der Waals surface area (Å²) in [5, 5.41) is 7.61. The number of aromatic nitrogens is 1. The van der Waals surface area contributed by atoms with Crippen LogP contribution in [0.25, 0.3) is 32.7 Å². The Morgan fingerprint density at radius 2 is 1.53 bits per heavy atom. The highest BCUT2D eigenvalue weighted by atomic mass is 15.1. The van der Waals surface area contributed by atoms with E-state index in [1.165, 1.54) is 59.8 Å². The van der Waals surface area contributed by atoms with Gasteiger partial charge < -0.3 is 4.90 Å². The molecule has 2 nitrogen and oxygen atoms in total. The Bertz CT molecular complexity index is 2540. The van der Waals surface area contributed by atoms with E-state index in [0.29, 0.717) is 0 Å². The molecule has 0 amide bonds. The Hall–Kier alpha value is -5.99. The van der Waals surface area contributed by atoms with E-state index in [1.54, 1.807) is 0 Å². The third kappa shape index (κ3) is 4.59. The zero-order valence-corrected chi connectivity index (χ0v) is 27.4. The van der Waals surface area contributed by atoms with Gasteiger partial charge >= 0.3 is 0 Å². The van der Waals surface area contributed by atoms with Crippen molar-refractivity contribution in [2.75, 3.05) is 4.90 Å². The first-order valence-electron chi connectivity index (χ1n) is 17.2. The van der Waals surface area contributed by atoms with Crippen LogP contribution < -0.4 is 15.3 Å². The molecule has 0 N–H and O–H groups in total. The van der Waals surface area contributed by atoms with Crippen LogP contribution in [-0.4, -0.2) is 4.98 Å². The van der Waals surface area contributed by atoms with Gasteiger partial charge in [-0.05, 0) is 91.7 Å². The van der Waals surface area contributed by atoms with Crippen LogP contribution in [0.5, 0.6) is 0 Å². The number of hydrogen-bond acceptors (Lipinski definition) is 2. The minimum atomic E-state index is 0.136. The molecular formula is C47H36N2. The van der Waals surface area contributed by atoms with Crippen LogP contribution in [0, 0.1) is 0 Å². The van der Waals surface area contributed by atoms with Crippen LogP contribution in [0.1, 0.15) is 35.8 Å². The molecule has 3 aliphatic carbocycles. The minimum Gasteiger partial charge on any atom is -0.308 e. The maximum Gasteiger partial charge on any atom is 0.0645 e. The number of fused-ring (bicyclic) bond motifs is 5. The minimum absolute atomic E-state index is 0.136. The Morgan fingerprint density at radius 3 is 2.37 bits per heavy atom. The largest absolute Gasteiger partial charge is 0.308 e. The third-order valence-electron chi connectivity index (χ3n) is 10.5. The van der Waals surface area contributed by atoms with Gasteiger partial charge in [-0.1, -0.05) is 135 Å². The molecule has 0 saturated carbocycles. The predicted octanol–water partition coefficient (Wildman–Crippen LogP) is 10.6. The van der Waals surface area contributed by atoms with Gasteiger partial charge in [0, 0.05) is 28.8 Å². The Balaban J connectivity index is 1.36. The first-order valence-corrected chi connectivity index (χ1v) is 17.2. The van der Waals surface area contributed by atoms with Crippen LogP contribution >= 0.6 is 0 Å². The van der Waals surface area contributed by atoms with Crippen molar-refractivity contribution < 1.29 is 0 Å². The highest BCUT2D eigenvalue weighted by molar-refractivity contribution is 6.09. The van der Waals surface area contributed by atoms with E-state index >= 15 is 0 Å². The van der Waals surface area contributed by atoms with Crippen LogP contribution in [0.15, 0.2) is 182 Å². The SMILES string of the molecule is C=C/C=C\C(=C)C1=c2ccccc2=C(C2=CC=CCC2)C2c3cccc4c(N(c5cccnc5)c5cccc6ccccc56)ccc(c34)C12. The van der Waals surface area contributed by atoms with Crippen LogP contribution in [0.3, 0.4) is 0 Å². The lowest BCUT2D eigenvalue weighted by molar-refractivity contribution is 0.779. The van der Waals surface area contributed by atoms with E-state index in [4.69, 9.17) is 0 Å². The molecule has 2 atom stereocenters. The summed E-state index contributed by atoms with van der Waals surface area (Å²) in [6, 6.07) is 40.1. The lowest BCUT2D eigenvalue weighted by Gasteiger charge is -2.33. The van der Waals surface area contributed by atoms with E-state index in [1.807, 2.05) is 30.6 Å². The van der Waals surface area contributed by atoms with Gasteiger partial charge in [0.1, 0.15) is 0 Å². The van der Waals surface area contributed by atoms with E-state index in [2.05, 4.69) is 150 Å². The third-order valence-corrected chi connectivity index (χ3v) is 10.5. The molecule has 5 aromatic carbocycles. The van der Waals surface area contributed by atoms with Gasteiger partial charge in [-0.3, -0.25) is 4.98 Å². The second-order valence-electron chi connectivity index (χ2n) is 13.1. The average Bonchev–Trinajstić information content (AvgIpc) is 3.49. The van der Waals surface area contributed by atoms with Crippen molar-refractivity contribution in [2.45, 2.75) is 24.7 Å². The summed E-state index contributed by atoms with van der Waals surface area (Å²) < 4.78 is 0. The van der Waals surface area contributed by atoms with Crippen molar-refractivity contribution in [3.63, 3.8) is 0 Å². The molecule has 0 spiro atoms. The lowest BCUT2D eigenvalue weighted by atomic mass is 9.69. The summed E-state index contributed by atoms with van der Waals surface area (Å²) in [6.45, 7) is 8.63. The highest BCUT2D eigenvalue weighted by Crippen LogP contribution is 2.59. The predicted molar refractivity (Wildman–Crippen MR) is 207 cm³/mol. The fraction of sp³-hybridized carbons (Fsp3) is 0.0851. The summed E-state index contributed by atoms with van der Waals surface area (Å²) in [6.07, 6.45) is 18.8. The normalized spacial score (nSPS) is 17.7. The molecule has 234 valence electrons. The van der Waals surface area contributed by atoms with Crippen molar-refractivity contribution >= 4 is 49.8 Å². The maximum atomic E-state index is 4.67. The Labute approximate surface area is 287 Å². The number of allylic oxidation sites excluding steroid dienone is 8. The first kappa shape index (κ1) is 29.2. The molecule has 0 saturated heterocycles. The molecule has 0 radical (unpaired) electrons. The molecule has 3 aliphatic rings. The molecule has 0 aliphatic heterocycles. The molecule has 1 aromatic heterocycles. The number of pyridine rings is 1. The maximum absolute atomic E-state index is 4.67. The number of anilines is 3. The first-order chi connectivity index (χ1) is 24.2. The molecule has 2 heteroatoms. The zero-order chi connectivity index (χ0) is 32.9. The lowest BCUT2D eigenvalue weighted by Crippen LogP contribution is -2.38. The fourth-order valence-corrected chi connectivity index (χ4v) is 8.60. The van der Waals surface area contributed by atoms with Gasteiger partial charge in [-0.2, -0.15) is 0 Å². The van der Waals surface area contributed by atoms with Crippen molar-refractivity contribution in [1.29, 1.82) is 0 Å². The summed E-state index contributed by atoms with van der Waals surface area (Å²) in [5.41, 5.74) is 11.3. The second-order valence-corrected chi connectivity index (χ2v) is 13.1. The van der Waals surface area contributed by atoms with Crippen molar-refractivity contribution in [1.82, 2.24) is 4.98 Å².